The molecule has 10 heteroatoms. The average molecular weight is 514 g/mol. The quantitative estimate of drug-likeness (QED) is 0.495. The first-order chi connectivity index (χ1) is 16.9. The number of amides is 2. The van der Waals surface area contributed by atoms with Gasteiger partial charge >= 0.3 is 0 Å². The number of carbonyl (C=O) groups excluding carboxylic acids is 2. The van der Waals surface area contributed by atoms with Gasteiger partial charge in [-0.2, -0.15) is 0 Å². The van der Waals surface area contributed by atoms with Crippen molar-refractivity contribution in [2.75, 3.05) is 49.3 Å². The summed E-state index contributed by atoms with van der Waals surface area (Å²) < 4.78 is 30.0. The van der Waals surface area contributed by atoms with Gasteiger partial charge in [-0.25, -0.2) is 8.42 Å². The fourth-order valence-electron chi connectivity index (χ4n) is 3.85. The Kier molecular flexibility index (Phi) is 7.72. The Balaban J connectivity index is 1.27. The second-order valence-corrected chi connectivity index (χ2v) is 11.4. The molecule has 0 aliphatic carbocycles. The number of benzene rings is 2. The number of nitrogens with one attached hydrogen (secondary N) is 1. The zero-order chi connectivity index (χ0) is 24.8. The number of nitrogens with zero attached hydrogens (tertiary/aromatic N) is 2. The predicted molar refractivity (Wildman–Crippen MR) is 137 cm³/mol. The zero-order valence-corrected chi connectivity index (χ0v) is 21.0. The summed E-state index contributed by atoms with van der Waals surface area (Å²) in [6, 6.07) is 17.7. The van der Waals surface area contributed by atoms with Gasteiger partial charge in [0.1, 0.15) is 9.96 Å². The van der Waals surface area contributed by atoms with Crippen molar-refractivity contribution in [3.05, 3.63) is 71.6 Å². The summed E-state index contributed by atoms with van der Waals surface area (Å²) in [5.41, 5.74) is 2.13. The lowest BCUT2D eigenvalue weighted by Gasteiger charge is -2.36. The van der Waals surface area contributed by atoms with E-state index in [2.05, 4.69) is 10.2 Å². The standard InChI is InChI=1S/C25H27N3O5S2/c1-33-22-5-2-4-21(18-22)27-12-14-28(15-13-27)25(30)19-7-9-20(10-8-19)26-23(29)11-17-35(31,32)24-6-3-16-34-24/h2-10,16,18H,11-15,17H2,1H3,(H,26,29). The SMILES string of the molecule is COc1cccc(N2CCN(C(=O)c3ccc(NC(=O)CCS(=O)(=O)c4cccs4)cc3)CC2)c1. The summed E-state index contributed by atoms with van der Waals surface area (Å²) in [6.07, 6.45) is -0.140. The number of carbonyl (C=O) groups is 2. The normalized spacial score (nSPS) is 14.0. The molecule has 0 spiro atoms. The van der Waals surface area contributed by atoms with Gasteiger partial charge in [-0.3, -0.25) is 9.59 Å². The van der Waals surface area contributed by atoms with Crippen molar-refractivity contribution >= 4 is 44.4 Å². The summed E-state index contributed by atoms with van der Waals surface area (Å²) in [4.78, 5) is 29.2. The molecular weight excluding hydrogens is 486 g/mol. The Bertz CT molecular complexity index is 1270. The van der Waals surface area contributed by atoms with Crippen LogP contribution in [0.3, 0.4) is 0 Å². The van der Waals surface area contributed by atoms with E-state index >= 15 is 0 Å². The molecule has 2 aromatic carbocycles. The number of hydrogen-bond donors (Lipinski definition) is 1. The van der Waals surface area contributed by atoms with Crippen LogP contribution in [0.15, 0.2) is 70.3 Å². The maximum atomic E-state index is 12.9. The van der Waals surface area contributed by atoms with Crippen molar-refractivity contribution < 1.29 is 22.7 Å². The van der Waals surface area contributed by atoms with Crippen LogP contribution >= 0.6 is 11.3 Å². The molecule has 0 saturated carbocycles. The number of sulfone groups is 1. The summed E-state index contributed by atoms with van der Waals surface area (Å²) in [5.74, 6) is 0.0999. The van der Waals surface area contributed by atoms with E-state index in [-0.39, 0.29) is 22.3 Å². The molecule has 2 amide bonds. The van der Waals surface area contributed by atoms with Crippen LogP contribution in [0.5, 0.6) is 5.75 Å². The monoisotopic (exact) mass is 513 g/mol. The van der Waals surface area contributed by atoms with Gasteiger partial charge in [0.05, 0.1) is 12.9 Å². The van der Waals surface area contributed by atoms with E-state index in [9.17, 15) is 18.0 Å². The van der Waals surface area contributed by atoms with Gasteiger partial charge in [-0.1, -0.05) is 12.1 Å². The molecule has 1 fully saturated rings. The Hall–Kier alpha value is -3.37. The van der Waals surface area contributed by atoms with Gasteiger partial charge in [0.2, 0.25) is 5.91 Å². The molecule has 0 radical (unpaired) electrons. The molecule has 8 nitrogen and oxygen atoms in total. The summed E-state index contributed by atoms with van der Waals surface area (Å²) in [6.45, 7) is 2.66. The molecule has 0 unspecified atom stereocenters. The molecule has 1 aromatic heterocycles. The van der Waals surface area contributed by atoms with Crippen molar-refractivity contribution in [2.24, 2.45) is 0 Å². The number of rotatable bonds is 8. The summed E-state index contributed by atoms with van der Waals surface area (Å²) in [5, 5.41) is 4.39. The third-order valence-corrected chi connectivity index (χ3v) is 9.00. The van der Waals surface area contributed by atoms with Crippen LogP contribution in [-0.4, -0.2) is 64.2 Å². The maximum absolute atomic E-state index is 12.9. The Morgan fingerprint density at radius 1 is 1.00 bits per heavy atom. The molecule has 1 aliphatic rings. The molecule has 1 aliphatic heterocycles. The number of piperazine rings is 1. The largest absolute Gasteiger partial charge is 0.497 e. The van der Waals surface area contributed by atoms with Gasteiger partial charge in [0.25, 0.3) is 5.91 Å². The van der Waals surface area contributed by atoms with E-state index in [0.29, 0.717) is 24.3 Å². The smallest absolute Gasteiger partial charge is 0.253 e. The third-order valence-electron chi connectivity index (χ3n) is 5.80. The van der Waals surface area contributed by atoms with E-state index in [4.69, 9.17) is 4.74 Å². The minimum atomic E-state index is -3.46. The number of hydrogen-bond acceptors (Lipinski definition) is 7. The first kappa shape index (κ1) is 24.7. The fraction of sp³-hybridized carbons (Fsp3) is 0.280. The van der Waals surface area contributed by atoms with E-state index in [1.165, 1.54) is 6.07 Å². The number of thiophene rings is 1. The molecule has 3 aromatic rings. The maximum Gasteiger partial charge on any atom is 0.253 e. The van der Waals surface area contributed by atoms with Gasteiger partial charge < -0.3 is 19.9 Å². The molecule has 4 rings (SSSR count). The third kappa shape index (κ3) is 6.20. The molecule has 2 heterocycles. The highest BCUT2D eigenvalue weighted by atomic mass is 32.2. The van der Waals surface area contributed by atoms with E-state index in [1.807, 2.05) is 29.2 Å². The molecule has 1 saturated heterocycles. The van der Waals surface area contributed by atoms with Crippen LogP contribution in [0.25, 0.3) is 0 Å². The summed E-state index contributed by atoms with van der Waals surface area (Å²) >= 11 is 1.14. The second kappa shape index (κ2) is 10.9. The first-order valence-corrected chi connectivity index (χ1v) is 13.7. The van der Waals surface area contributed by atoms with Crippen LogP contribution in [0, 0.1) is 0 Å². The van der Waals surface area contributed by atoms with Crippen LogP contribution in [0.2, 0.25) is 0 Å². The topological polar surface area (TPSA) is 96.0 Å². The van der Waals surface area contributed by atoms with Crippen LogP contribution in [-0.2, 0) is 14.6 Å². The van der Waals surface area contributed by atoms with Crippen LogP contribution < -0.4 is 15.0 Å². The van der Waals surface area contributed by atoms with E-state index < -0.39 is 15.7 Å². The van der Waals surface area contributed by atoms with Crippen molar-refractivity contribution in [3.8, 4) is 5.75 Å². The highest BCUT2D eigenvalue weighted by molar-refractivity contribution is 7.93. The Labute approximate surface area is 209 Å². The van der Waals surface area contributed by atoms with Crippen molar-refractivity contribution in [3.63, 3.8) is 0 Å². The highest BCUT2D eigenvalue weighted by Crippen LogP contribution is 2.23. The van der Waals surface area contributed by atoms with Crippen molar-refractivity contribution in [1.29, 1.82) is 0 Å². The minimum Gasteiger partial charge on any atom is -0.497 e. The van der Waals surface area contributed by atoms with Crippen LogP contribution in [0.1, 0.15) is 16.8 Å². The molecule has 184 valence electrons. The second-order valence-electron chi connectivity index (χ2n) is 8.11. The van der Waals surface area contributed by atoms with Crippen LogP contribution in [0.4, 0.5) is 11.4 Å². The molecular formula is C25H27N3O5S2. The zero-order valence-electron chi connectivity index (χ0n) is 19.3. The lowest BCUT2D eigenvalue weighted by molar-refractivity contribution is -0.115. The molecule has 0 atom stereocenters. The lowest BCUT2D eigenvalue weighted by Crippen LogP contribution is -2.48. The molecule has 0 bridgehead atoms. The first-order valence-electron chi connectivity index (χ1n) is 11.2. The fourth-order valence-corrected chi connectivity index (χ4v) is 6.24. The average Bonchev–Trinajstić information content (AvgIpc) is 3.44. The number of ether oxygens (including phenoxy) is 1. The Morgan fingerprint density at radius 3 is 2.40 bits per heavy atom. The molecule has 35 heavy (non-hydrogen) atoms. The van der Waals surface area contributed by atoms with Gasteiger partial charge in [0.15, 0.2) is 9.84 Å². The van der Waals surface area contributed by atoms with E-state index in [1.54, 1.807) is 42.8 Å². The highest BCUT2D eigenvalue weighted by Gasteiger charge is 2.23. The van der Waals surface area contributed by atoms with Gasteiger partial charge in [-0.15, -0.1) is 11.3 Å². The van der Waals surface area contributed by atoms with Gasteiger partial charge in [-0.05, 0) is 47.8 Å². The minimum absolute atomic E-state index is 0.0600. The van der Waals surface area contributed by atoms with Gasteiger partial charge in [0, 0.05) is 55.6 Å². The predicted octanol–water partition coefficient (Wildman–Crippen LogP) is 3.52. The van der Waals surface area contributed by atoms with E-state index in [0.717, 1.165) is 35.9 Å². The number of anilines is 2. The number of methoxy groups -OCH3 is 1. The van der Waals surface area contributed by atoms with Crippen molar-refractivity contribution in [1.82, 2.24) is 4.90 Å². The van der Waals surface area contributed by atoms with Crippen molar-refractivity contribution in [2.45, 2.75) is 10.6 Å². The Morgan fingerprint density at radius 2 is 1.74 bits per heavy atom. The molecule has 1 N–H and O–H groups in total. The lowest BCUT2D eigenvalue weighted by atomic mass is 10.1. The summed E-state index contributed by atoms with van der Waals surface area (Å²) in [7, 11) is -1.82.